The monoisotopic (exact) mass is 200 g/mol. The Morgan fingerprint density at radius 1 is 1.57 bits per heavy atom. The van der Waals surface area contributed by atoms with E-state index in [9.17, 15) is 9.59 Å². The predicted octanol–water partition coefficient (Wildman–Crippen LogP) is -0.630. The zero-order valence-electron chi connectivity index (χ0n) is 8.58. The highest BCUT2D eigenvalue weighted by Gasteiger charge is 2.30. The number of ether oxygens (including phenoxy) is 1. The molecule has 5 nitrogen and oxygen atoms in total. The van der Waals surface area contributed by atoms with Gasteiger partial charge in [0.2, 0.25) is 11.8 Å². The average Bonchev–Trinajstić information content (AvgIpc) is 2.18. The minimum absolute atomic E-state index is 0.0974. The molecular formula is C9H16N2O3. The Hall–Kier alpha value is -0.940. The Morgan fingerprint density at radius 3 is 2.93 bits per heavy atom. The van der Waals surface area contributed by atoms with Crippen LogP contribution in [0.25, 0.3) is 0 Å². The number of nitrogens with one attached hydrogen (secondary N) is 1. The van der Waals surface area contributed by atoms with Crippen molar-refractivity contribution >= 4 is 11.8 Å². The van der Waals surface area contributed by atoms with Crippen LogP contribution in [-0.4, -0.2) is 50.1 Å². The van der Waals surface area contributed by atoms with Gasteiger partial charge in [0.05, 0.1) is 12.6 Å². The summed E-state index contributed by atoms with van der Waals surface area (Å²) >= 11 is 0. The summed E-state index contributed by atoms with van der Waals surface area (Å²) in [6.07, 6.45) is 1.03. The third-order valence-electron chi connectivity index (χ3n) is 2.35. The molecule has 0 aromatic rings. The molecule has 1 atom stereocenters. The maximum Gasteiger partial charge on any atom is 0.246 e. The van der Waals surface area contributed by atoms with Gasteiger partial charge in [-0.1, -0.05) is 0 Å². The van der Waals surface area contributed by atoms with E-state index in [1.54, 1.807) is 7.11 Å². The Kier molecular flexibility index (Phi) is 4.03. The van der Waals surface area contributed by atoms with Gasteiger partial charge in [0, 0.05) is 27.1 Å². The van der Waals surface area contributed by atoms with Crippen LogP contribution in [0, 0.1) is 0 Å². The normalized spacial score (nSPS) is 23.0. The molecule has 0 aromatic heterocycles. The molecule has 5 heteroatoms. The van der Waals surface area contributed by atoms with Gasteiger partial charge in [0.25, 0.3) is 0 Å². The van der Waals surface area contributed by atoms with Crippen LogP contribution in [0.1, 0.15) is 12.8 Å². The third kappa shape index (κ3) is 2.52. The summed E-state index contributed by atoms with van der Waals surface area (Å²) in [5, 5.41) is 3.05. The maximum atomic E-state index is 11.5. The van der Waals surface area contributed by atoms with Crippen LogP contribution in [0.15, 0.2) is 0 Å². The van der Waals surface area contributed by atoms with Crippen LogP contribution in [0.5, 0.6) is 0 Å². The van der Waals surface area contributed by atoms with E-state index in [0.29, 0.717) is 26.0 Å². The summed E-state index contributed by atoms with van der Waals surface area (Å²) in [7, 11) is 3.13. The first-order chi connectivity index (χ1) is 6.66. The zero-order chi connectivity index (χ0) is 10.6. The van der Waals surface area contributed by atoms with Gasteiger partial charge < -0.3 is 10.1 Å². The molecule has 0 spiro atoms. The molecule has 14 heavy (non-hydrogen) atoms. The molecule has 1 unspecified atom stereocenters. The highest BCUT2D eigenvalue weighted by atomic mass is 16.5. The molecule has 1 N–H and O–H groups in total. The summed E-state index contributed by atoms with van der Waals surface area (Å²) in [4.78, 5) is 23.9. The van der Waals surface area contributed by atoms with Crippen molar-refractivity contribution in [3.8, 4) is 0 Å². The molecule has 1 aliphatic rings. The molecule has 2 amide bonds. The molecule has 0 aromatic carbocycles. The van der Waals surface area contributed by atoms with Crippen LogP contribution >= 0.6 is 0 Å². The number of nitrogens with zero attached hydrogens (tertiary/aromatic N) is 1. The van der Waals surface area contributed by atoms with E-state index in [0.717, 1.165) is 0 Å². The Morgan fingerprint density at radius 2 is 2.29 bits per heavy atom. The molecule has 0 radical (unpaired) electrons. The Labute approximate surface area is 83.4 Å². The van der Waals surface area contributed by atoms with Gasteiger partial charge >= 0.3 is 0 Å². The zero-order valence-corrected chi connectivity index (χ0v) is 8.58. The minimum atomic E-state index is -0.229. The van der Waals surface area contributed by atoms with Crippen molar-refractivity contribution in [2.45, 2.75) is 18.9 Å². The van der Waals surface area contributed by atoms with E-state index in [2.05, 4.69) is 5.32 Å². The molecule has 0 saturated carbocycles. The molecule has 1 rings (SSSR count). The highest BCUT2D eigenvalue weighted by molar-refractivity contribution is 6.00. The molecule has 0 bridgehead atoms. The molecular weight excluding hydrogens is 184 g/mol. The molecule has 80 valence electrons. The first-order valence-corrected chi connectivity index (χ1v) is 4.69. The Bertz CT molecular complexity index is 230. The predicted molar refractivity (Wildman–Crippen MR) is 50.7 cm³/mol. The lowest BCUT2D eigenvalue weighted by atomic mass is 10.0. The summed E-state index contributed by atoms with van der Waals surface area (Å²) in [5.74, 6) is -0.239. The van der Waals surface area contributed by atoms with Gasteiger partial charge in [-0.05, 0) is 6.42 Å². The second kappa shape index (κ2) is 5.07. The van der Waals surface area contributed by atoms with Gasteiger partial charge in [-0.2, -0.15) is 0 Å². The van der Waals surface area contributed by atoms with Crippen molar-refractivity contribution < 1.29 is 14.3 Å². The molecule has 1 fully saturated rings. The van der Waals surface area contributed by atoms with Gasteiger partial charge in [0.1, 0.15) is 0 Å². The van der Waals surface area contributed by atoms with Crippen molar-refractivity contribution in [2.24, 2.45) is 0 Å². The number of hydrogen-bond donors (Lipinski definition) is 1. The second-order valence-electron chi connectivity index (χ2n) is 3.33. The number of piperidine rings is 1. The van der Waals surface area contributed by atoms with Crippen LogP contribution in [0.3, 0.4) is 0 Å². The van der Waals surface area contributed by atoms with Gasteiger partial charge in [-0.3, -0.25) is 14.5 Å². The Balaban J connectivity index is 2.39. The van der Waals surface area contributed by atoms with Crippen LogP contribution in [0.2, 0.25) is 0 Å². The fourth-order valence-corrected chi connectivity index (χ4v) is 1.44. The number of likely N-dealkylation sites (tertiary alicyclic amines) is 1. The first-order valence-electron chi connectivity index (χ1n) is 4.69. The summed E-state index contributed by atoms with van der Waals surface area (Å²) < 4.78 is 4.86. The van der Waals surface area contributed by atoms with Crippen molar-refractivity contribution in [1.29, 1.82) is 0 Å². The SMILES string of the molecule is COCCNC1CCC(=O)N(C)C1=O. The van der Waals surface area contributed by atoms with Gasteiger partial charge in [-0.15, -0.1) is 0 Å². The standard InChI is InChI=1S/C9H16N2O3/c1-11-8(12)4-3-7(9(11)13)10-5-6-14-2/h7,10H,3-6H2,1-2H3. The number of carbonyl (C=O) groups is 2. The number of methoxy groups -OCH3 is 1. The largest absolute Gasteiger partial charge is 0.383 e. The highest BCUT2D eigenvalue weighted by Crippen LogP contribution is 2.10. The van der Waals surface area contributed by atoms with Crippen molar-refractivity contribution in [3.05, 3.63) is 0 Å². The lowest BCUT2D eigenvalue weighted by molar-refractivity contribution is -0.148. The van der Waals surface area contributed by atoms with E-state index in [1.807, 2.05) is 0 Å². The number of imide groups is 1. The van der Waals surface area contributed by atoms with Gasteiger partial charge in [-0.25, -0.2) is 0 Å². The summed E-state index contributed by atoms with van der Waals surface area (Å²) in [5.41, 5.74) is 0. The van der Waals surface area contributed by atoms with Crippen LogP contribution < -0.4 is 5.32 Å². The first kappa shape index (κ1) is 11.1. The number of carbonyl (C=O) groups excluding carboxylic acids is 2. The molecule has 1 saturated heterocycles. The second-order valence-corrected chi connectivity index (χ2v) is 3.33. The van der Waals surface area contributed by atoms with E-state index >= 15 is 0 Å². The quantitative estimate of drug-likeness (QED) is 0.485. The molecule has 1 heterocycles. The van der Waals surface area contributed by atoms with E-state index in [-0.39, 0.29) is 17.9 Å². The number of rotatable bonds is 4. The van der Waals surface area contributed by atoms with Crippen molar-refractivity contribution in [2.75, 3.05) is 27.3 Å². The maximum absolute atomic E-state index is 11.5. The number of likely N-dealkylation sites (N-methyl/N-ethyl adjacent to an activating group) is 1. The van der Waals surface area contributed by atoms with Crippen LogP contribution in [-0.2, 0) is 14.3 Å². The van der Waals surface area contributed by atoms with E-state index in [1.165, 1.54) is 11.9 Å². The van der Waals surface area contributed by atoms with E-state index in [4.69, 9.17) is 4.74 Å². The number of hydrogen-bond acceptors (Lipinski definition) is 4. The lowest BCUT2D eigenvalue weighted by Gasteiger charge is -2.28. The molecule has 1 aliphatic heterocycles. The average molecular weight is 200 g/mol. The van der Waals surface area contributed by atoms with Crippen molar-refractivity contribution in [1.82, 2.24) is 10.2 Å². The fourth-order valence-electron chi connectivity index (χ4n) is 1.44. The van der Waals surface area contributed by atoms with Crippen molar-refractivity contribution in [3.63, 3.8) is 0 Å². The topological polar surface area (TPSA) is 58.6 Å². The lowest BCUT2D eigenvalue weighted by Crippen LogP contribution is -2.51. The number of amides is 2. The van der Waals surface area contributed by atoms with E-state index < -0.39 is 0 Å². The summed E-state index contributed by atoms with van der Waals surface area (Å²) in [6, 6.07) is -0.229. The van der Waals surface area contributed by atoms with Gasteiger partial charge in [0.15, 0.2) is 0 Å². The minimum Gasteiger partial charge on any atom is -0.383 e. The smallest absolute Gasteiger partial charge is 0.246 e. The summed E-state index contributed by atoms with van der Waals surface area (Å²) in [6.45, 7) is 1.20. The van der Waals surface area contributed by atoms with Crippen LogP contribution in [0.4, 0.5) is 0 Å². The molecule has 0 aliphatic carbocycles. The fraction of sp³-hybridized carbons (Fsp3) is 0.778. The third-order valence-corrected chi connectivity index (χ3v) is 2.35.